The third-order valence-electron chi connectivity index (χ3n) is 3.03. The summed E-state index contributed by atoms with van der Waals surface area (Å²) in [5.41, 5.74) is -0.854. The second-order valence-corrected chi connectivity index (χ2v) is 4.99. The van der Waals surface area contributed by atoms with Crippen molar-refractivity contribution in [1.82, 2.24) is 5.16 Å². The van der Waals surface area contributed by atoms with E-state index in [1.165, 1.54) is 13.0 Å². The molecule has 8 heteroatoms. The highest BCUT2D eigenvalue weighted by atomic mass is 35.5. The van der Waals surface area contributed by atoms with Gasteiger partial charge in [-0.15, -0.1) is 0 Å². The van der Waals surface area contributed by atoms with Gasteiger partial charge >= 0.3 is 6.18 Å². The Bertz CT molecular complexity index is 711. The van der Waals surface area contributed by atoms with Crippen molar-refractivity contribution in [3.8, 4) is 0 Å². The summed E-state index contributed by atoms with van der Waals surface area (Å²) in [6.07, 6.45) is -4.21. The van der Waals surface area contributed by atoms with Crippen molar-refractivity contribution in [3.05, 3.63) is 45.8 Å². The van der Waals surface area contributed by atoms with Crippen LogP contribution in [-0.2, 0) is 12.6 Å². The fourth-order valence-corrected chi connectivity index (χ4v) is 2.17. The molecule has 1 N–H and O–H groups in total. The number of halogens is 4. The van der Waals surface area contributed by atoms with Crippen molar-refractivity contribution in [3.63, 3.8) is 0 Å². The molecular weight excluding hydrogens is 321 g/mol. The lowest BCUT2D eigenvalue weighted by Gasteiger charge is -2.14. The SMILES string of the molecule is CCc1noc(C)c1C(=O)Nc1ccc(Cl)cc1C(F)(F)F. The third-order valence-corrected chi connectivity index (χ3v) is 3.27. The normalized spacial score (nSPS) is 11.5. The molecule has 0 saturated heterocycles. The highest BCUT2D eigenvalue weighted by Crippen LogP contribution is 2.36. The van der Waals surface area contributed by atoms with Crippen molar-refractivity contribution in [2.75, 3.05) is 5.32 Å². The molecule has 118 valence electrons. The predicted octanol–water partition coefficient (Wildman–Crippen LogP) is 4.47. The summed E-state index contributed by atoms with van der Waals surface area (Å²) in [6, 6.07) is 3.14. The van der Waals surface area contributed by atoms with Gasteiger partial charge < -0.3 is 9.84 Å². The zero-order chi connectivity index (χ0) is 16.5. The number of nitrogens with zero attached hydrogens (tertiary/aromatic N) is 1. The van der Waals surface area contributed by atoms with E-state index in [0.29, 0.717) is 12.1 Å². The zero-order valence-corrected chi connectivity index (χ0v) is 12.5. The molecule has 0 atom stereocenters. The van der Waals surface area contributed by atoms with E-state index in [2.05, 4.69) is 10.5 Å². The Hall–Kier alpha value is -2.02. The second-order valence-electron chi connectivity index (χ2n) is 4.56. The zero-order valence-electron chi connectivity index (χ0n) is 11.7. The Morgan fingerprint density at radius 1 is 1.41 bits per heavy atom. The molecule has 0 radical (unpaired) electrons. The average Bonchev–Trinajstić information content (AvgIpc) is 2.80. The van der Waals surface area contributed by atoms with Crippen LogP contribution >= 0.6 is 11.6 Å². The molecule has 0 unspecified atom stereocenters. The van der Waals surface area contributed by atoms with Crippen LogP contribution in [0.1, 0.15) is 34.3 Å². The molecule has 0 aliphatic rings. The number of alkyl halides is 3. The molecular formula is C14H12ClF3N2O2. The van der Waals surface area contributed by atoms with Gasteiger partial charge in [-0.1, -0.05) is 23.7 Å². The van der Waals surface area contributed by atoms with Crippen LogP contribution in [0.15, 0.2) is 22.7 Å². The van der Waals surface area contributed by atoms with Gasteiger partial charge in [-0.05, 0) is 31.5 Å². The first-order valence-electron chi connectivity index (χ1n) is 6.37. The molecule has 0 saturated carbocycles. The first kappa shape index (κ1) is 16.4. The maximum atomic E-state index is 13.0. The lowest BCUT2D eigenvalue weighted by Crippen LogP contribution is -2.18. The van der Waals surface area contributed by atoms with Crippen molar-refractivity contribution < 1.29 is 22.5 Å². The van der Waals surface area contributed by atoms with Crippen LogP contribution in [0.5, 0.6) is 0 Å². The number of aryl methyl sites for hydroxylation is 2. The van der Waals surface area contributed by atoms with Gasteiger partial charge in [0, 0.05) is 5.02 Å². The van der Waals surface area contributed by atoms with E-state index < -0.39 is 17.6 Å². The van der Waals surface area contributed by atoms with Gasteiger partial charge in [0.1, 0.15) is 11.3 Å². The van der Waals surface area contributed by atoms with E-state index in [0.717, 1.165) is 12.1 Å². The van der Waals surface area contributed by atoms with E-state index >= 15 is 0 Å². The van der Waals surface area contributed by atoms with Gasteiger partial charge in [0.05, 0.1) is 16.9 Å². The van der Waals surface area contributed by atoms with Gasteiger partial charge in [0.25, 0.3) is 5.91 Å². The third kappa shape index (κ3) is 3.24. The molecule has 0 bridgehead atoms. The first-order valence-corrected chi connectivity index (χ1v) is 6.75. The molecule has 0 fully saturated rings. The van der Waals surface area contributed by atoms with Gasteiger partial charge in [-0.3, -0.25) is 4.79 Å². The molecule has 0 spiro atoms. The molecule has 2 aromatic rings. The Kier molecular flexibility index (Phi) is 4.46. The Morgan fingerprint density at radius 2 is 2.09 bits per heavy atom. The average molecular weight is 333 g/mol. The summed E-state index contributed by atoms with van der Waals surface area (Å²) in [7, 11) is 0. The number of benzene rings is 1. The van der Waals surface area contributed by atoms with Crippen molar-refractivity contribution >= 4 is 23.2 Å². The fourth-order valence-electron chi connectivity index (χ4n) is 2.00. The van der Waals surface area contributed by atoms with Crippen LogP contribution in [0.2, 0.25) is 5.02 Å². The lowest BCUT2D eigenvalue weighted by molar-refractivity contribution is -0.136. The minimum atomic E-state index is -4.63. The van der Waals surface area contributed by atoms with E-state index in [-0.39, 0.29) is 22.0 Å². The molecule has 2 rings (SSSR count). The number of carbonyl (C=O) groups is 1. The lowest BCUT2D eigenvalue weighted by atomic mass is 10.1. The molecule has 1 amide bonds. The van der Waals surface area contributed by atoms with Gasteiger partial charge in [-0.25, -0.2) is 0 Å². The number of carbonyl (C=O) groups excluding carboxylic acids is 1. The van der Waals surface area contributed by atoms with Gasteiger partial charge in [-0.2, -0.15) is 13.2 Å². The summed E-state index contributed by atoms with van der Waals surface area (Å²) >= 11 is 5.59. The van der Waals surface area contributed by atoms with Crippen molar-refractivity contribution in [2.24, 2.45) is 0 Å². The van der Waals surface area contributed by atoms with Crippen LogP contribution < -0.4 is 5.32 Å². The van der Waals surface area contributed by atoms with Crippen LogP contribution in [0.25, 0.3) is 0 Å². The molecule has 0 aliphatic carbocycles. The van der Waals surface area contributed by atoms with Gasteiger partial charge in [0.15, 0.2) is 0 Å². The maximum Gasteiger partial charge on any atom is 0.418 e. The first-order chi connectivity index (χ1) is 10.2. The number of amides is 1. The van der Waals surface area contributed by atoms with Crippen molar-refractivity contribution in [2.45, 2.75) is 26.4 Å². The number of anilines is 1. The van der Waals surface area contributed by atoms with E-state index in [1.807, 2.05) is 0 Å². The minimum absolute atomic E-state index is 0.0688. The van der Waals surface area contributed by atoms with Crippen LogP contribution in [0.4, 0.5) is 18.9 Å². The highest BCUT2D eigenvalue weighted by Gasteiger charge is 2.34. The molecule has 4 nitrogen and oxygen atoms in total. The van der Waals surface area contributed by atoms with E-state index in [9.17, 15) is 18.0 Å². The second kappa shape index (κ2) is 6.00. The summed E-state index contributed by atoms with van der Waals surface area (Å²) in [5.74, 6) is -0.458. The molecule has 1 aromatic heterocycles. The van der Waals surface area contributed by atoms with Crippen LogP contribution in [-0.4, -0.2) is 11.1 Å². The van der Waals surface area contributed by atoms with Crippen LogP contribution in [0, 0.1) is 6.92 Å². The summed E-state index contributed by atoms with van der Waals surface area (Å²) in [4.78, 5) is 12.2. The number of rotatable bonds is 3. The molecule has 1 aromatic carbocycles. The molecule has 1 heterocycles. The Balaban J connectivity index is 2.39. The summed E-state index contributed by atoms with van der Waals surface area (Å²) in [6.45, 7) is 3.28. The largest absolute Gasteiger partial charge is 0.418 e. The fraction of sp³-hybridized carbons (Fsp3) is 0.286. The number of hydrogen-bond acceptors (Lipinski definition) is 3. The van der Waals surface area contributed by atoms with Gasteiger partial charge in [0.2, 0.25) is 0 Å². The quantitative estimate of drug-likeness (QED) is 0.902. The van der Waals surface area contributed by atoms with Crippen molar-refractivity contribution in [1.29, 1.82) is 0 Å². The monoisotopic (exact) mass is 332 g/mol. The van der Waals surface area contributed by atoms with E-state index in [4.69, 9.17) is 16.1 Å². The molecule has 0 aliphatic heterocycles. The minimum Gasteiger partial charge on any atom is -0.361 e. The number of nitrogens with one attached hydrogen (secondary N) is 1. The number of hydrogen-bond donors (Lipinski definition) is 1. The Morgan fingerprint density at radius 3 is 2.68 bits per heavy atom. The highest BCUT2D eigenvalue weighted by molar-refractivity contribution is 6.30. The van der Waals surface area contributed by atoms with E-state index in [1.54, 1.807) is 6.92 Å². The maximum absolute atomic E-state index is 13.0. The molecule has 22 heavy (non-hydrogen) atoms. The van der Waals surface area contributed by atoms with Crippen LogP contribution in [0.3, 0.4) is 0 Å². The topological polar surface area (TPSA) is 55.1 Å². The summed E-state index contributed by atoms with van der Waals surface area (Å²) < 4.78 is 43.9. The smallest absolute Gasteiger partial charge is 0.361 e. The number of aromatic nitrogens is 1. The standard InChI is InChI=1S/C14H12ClF3N2O2/c1-3-10-12(7(2)22-20-10)13(21)19-11-5-4-8(15)6-9(11)14(16,17)18/h4-6H,3H2,1-2H3,(H,19,21). The predicted molar refractivity (Wildman–Crippen MR) is 75.0 cm³/mol. The summed E-state index contributed by atoms with van der Waals surface area (Å²) in [5, 5.41) is 5.88. The Labute approximate surface area is 129 Å².